The molecule has 11 nitrogen and oxygen atoms in total. The first-order valence-electron chi connectivity index (χ1n) is 16.1. The van der Waals surface area contributed by atoms with Crippen molar-refractivity contribution in [2.75, 3.05) is 38.7 Å². The average Bonchev–Trinajstić information content (AvgIpc) is 3.39. The summed E-state index contributed by atoms with van der Waals surface area (Å²) in [4.78, 5) is 45.0. The van der Waals surface area contributed by atoms with Gasteiger partial charge >= 0.3 is 0 Å². The number of nitrogens with zero attached hydrogens (tertiary/aromatic N) is 2. The maximum absolute atomic E-state index is 14.1. The molecule has 1 unspecified atom stereocenters. The molecule has 0 saturated heterocycles. The number of ether oxygens (including phenoxy) is 3. The van der Waals surface area contributed by atoms with Crippen LogP contribution in [0.25, 0.3) is 11.1 Å². The Labute approximate surface area is 290 Å². The zero-order valence-electron chi connectivity index (χ0n) is 28.7. The monoisotopic (exact) mass is 685 g/mol. The highest BCUT2D eigenvalue weighted by molar-refractivity contribution is 7.98. The van der Waals surface area contributed by atoms with Crippen molar-refractivity contribution in [3.8, 4) is 28.4 Å². The van der Waals surface area contributed by atoms with Gasteiger partial charge in [0.05, 0.1) is 33.1 Å². The van der Waals surface area contributed by atoms with Crippen LogP contribution in [0.3, 0.4) is 0 Å². The summed E-state index contributed by atoms with van der Waals surface area (Å²) in [6, 6.07) is 15.0. The fourth-order valence-corrected chi connectivity index (χ4v) is 6.83. The number of amides is 2. The Bertz CT molecular complexity index is 1860. The molecule has 2 amide bonds. The molecule has 0 spiro atoms. The summed E-state index contributed by atoms with van der Waals surface area (Å²) in [6.45, 7) is 1.46. The van der Waals surface area contributed by atoms with E-state index in [0.29, 0.717) is 59.2 Å². The van der Waals surface area contributed by atoms with Crippen molar-refractivity contribution in [3.05, 3.63) is 99.7 Å². The number of aryl methyl sites for hydroxylation is 2. The number of carbonyl (C=O) groups excluding carboxylic acids is 2. The Hall–Kier alpha value is -4.97. The van der Waals surface area contributed by atoms with Crippen molar-refractivity contribution < 1.29 is 23.8 Å². The number of imidazole rings is 1. The molecule has 49 heavy (non-hydrogen) atoms. The maximum atomic E-state index is 14.1. The first kappa shape index (κ1) is 35.3. The molecule has 5 rings (SSSR count). The number of methoxy groups -OCH3 is 3. The lowest BCUT2D eigenvalue weighted by Crippen LogP contribution is -2.43. The first-order chi connectivity index (χ1) is 23.7. The topological polar surface area (TPSA) is 133 Å². The van der Waals surface area contributed by atoms with Gasteiger partial charge in [0, 0.05) is 31.9 Å². The van der Waals surface area contributed by atoms with Gasteiger partial charge in [-0.15, -0.1) is 0 Å². The van der Waals surface area contributed by atoms with Crippen LogP contribution < -0.4 is 35.6 Å². The van der Waals surface area contributed by atoms with E-state index >= 15 is 0 Å². The van der Waals surface area contributed by atoms with Crippen molar-refractivity contribution in [1.29, 1.82) is 0 Å². The summed E-state index contributed by atoms with van der Waals surface area (Å²) in [7, 11) is 6.56. The number of fused-ring (bicyclic) bond motifs is 3. The van der Waals surface area contributed by atoms with E-state index in [9.17, 15) is 14.4 Å². The van der Waals surface area contributed by atoms with Gasteiger partial charge in [0.2, 0.25) is 23.0 Å². The Morgan fingerprint density at radius 1 is 1.04 bits per heavy atom. The van der Waals surface area contributed by atoms with Crippen LogP contribution in [0.1, 0.15) is 54.4 Å². The van der Waals surface area contributed by atoms with Gasteiger partial charge in [0.25, 0.3) is 0 Å². The van der Waals surface area contributed by atoms with E-state index in [1.54, 1.807) is 51.4 Å². The molecule has 258 valence electrons. The van der Waals surface area contributed by atoms with Crippen molar-refractivity contribution in [1.82, 2.24) is 20.2 Å². The van der Waals surface area contributed by atoms with Crippen LogP contribution in [0.15, 0.2) is 71.8 Å². The number of carbonyl (C=O) groups is 2. The van der Waals surface area contributed by atoms with E-state index < -0.39 is 18.1 Å². The fraction of sp³-hybridized carbons (Fsp3) is 0.351. The molecule has 0 saturated carbocycles. The zero-order chi connectivity index (χ0) is 35.1. The number of aromatic nitrogens is 2. The quantitative estimate of drug-likeness (QED) is 0.177. The van der Waals surface area contributed by atoms with Crippen LogP contribution in [0, 0.1) is 0 Å². The molecule has 0 fully saturated rings. The molecule has 1 heterocycles. The van der Waals surface area contributed by atoms with Crippen molar-refractivity contribution in [2.45, 2.75) is 44.3 Å². The van der Waals surface area contributed by atoms with Crippen LogP contribution in [0.2, 0.25) is 0 Å². The predicted octanol–water partition coefficient (Wildman–Crippen LogP) is 5.04. The standard InChI is InChI=1S/C37H43N5O6S/c1-22(43)39-27-14-12-24-20-31(46-3)34(47-4)35(48-5)32(24)25-13-15-28(30(44)21-26(25)27)40-29(16-19-49-6)37(45)41-33(23-10-8-7-9-11-23)36-38-17-18-42(36)2/h7-11,13,15,17-18,20-21,27,29,33H,12,14,16,19H2,1-6H3,(H,39,43)(H,40,44)(H,41,45)/t27-,29-,33?/m1/s1. The molecule has 12 heteroatoms. The second kappa shape index (κ2) is 16.0. The van der Waals surface area contributed by atoms with Gasteiger partial charge < -0.3 is 34.7 Å². The summed E-state index contributed by atoms with van der Waals surface area (Å²) in [5, 5.41) is 9.50. The third-order valence-electron chi connectivity index (χ3n) is 8.71. The predicted molar refractivity (Wildman–Crippen MR) is 193 cm³/mol. The molecule has 4 aromatic rings. The number of rotatable bonds is 13. The van der Waals surface area contributed by atoms with E-state index in [0.717, 1.165) is 16.7 Å². The Kier molecular flexibility index (Phi) is 11.5. The molecule has 3 aromatic carbocycles. The van der Waals surface area contributed by atoms with Crippen LogP contribution in [0.4, 0.5) is 5.69 Å². The lowest BCUT2D eigenvalue weighted by molar-refractivity contribution is -0.122. The fourth-order valence-electron chi connectivity index (χ4n) is 6.36. The smallest absolute Gasteiger partial charge is 0.243 e. The number of nitrogens with one attached hydrogen (secondary N) is 3. The number of thioether (sulfide) groups is 1. The van der Waals surface area contributed by atoms with Gasteiger partial charge in [0.15, 0.2) is 11.5 Å². The number of hydrogen-bond donors (Lipinski definition) is 3. The molecular weight excluding hydrogens is 643 g/mol. The molecule has 1 aliphatic carbocycles. The lowest BCUT2D eigenvalue weighted by Gasteiger charge is -2.24. The minimum atomic E-state index is -0.730. The van der Waals surface area contributed by atoms with Gasteiger partial charge in [-0.1, -0.05) is 36.4 Å². The number of benzene rings is 2. The van der Waals surface area contributed by atoms with Crippen LogP contribution in [0.5, 0.6) is 17.2 Å². The van der Waals surface area contributed by atoms with Gasteiger partial charge in [-0.3, -0.25) is 14.4 Å². The van der Waals surface area contributed by atoms with Crippen molar-refractivity contribution >= 4 is 29.3 Å². The molecule has 1 aromatic heterocycles. The zero-order valence-corrected chi connectivity index (χ0v) is 29.5. The Morgan fingerprint density at radius 3 is 2.43 bits per heavy atom. The highest BCUT2D eigenvalue weighted by atomic mass is 32.2. The van der Waals surface area contributed by atoms with E-state index in [-0.39, 0.29) is 22.9 Å². The summed E-state index contributed by atoms with van der Waals surface area (Å²) >= 11 is 1.62. The largest absolute Gasteiger partial charge is 0.493 e. The summed E-state index contributed by atoms with van der Waals surface area (Å²) in [5.41, 5.74) is 3.85. The second-order valence-corrected chi connectivity index (χ2v) is 12.8. The van der Waals surface area contributed by atoms with Gasteiger partial charge in [-0.25, -0.2) is 4.98 Å². The summed E-state index contributed by atoms with van der Waals surface area (Å²) < 4.78 is 19.1. The van der Waals surface area contributed by atoms with E-state index in [1.807, 2.05) is 66.5 Å². The van der Waals surface area contributed by atoms with Gasteiger partial charge in [-0.05, 0) is 71.7 Å². The normalized spacial score (nSPS) is 14.7. The van der Waals surface area contributed by atoms with Crippen molar-refractivity contribution in [3.63, 3.8) is 0 Å². The number of hydrogen-bond acceptors (Lipinski definition) is 9. The maximum Gasteiger partial charge on any atom is 0.243 e. The minimum absolute atomic E-state index is 0.212. The third kappa shape index (κ3) is 7.69. The highest BCUT2D eigenvalue weighted by Crippen LogP contribution is 2.50. The van der Waals surface area contributed by atoms with Crippen LogP contribution >= 0.6 is 11.8 Å². The molecule has 0 aliphatic heterocycles. The van der Waals surface area contributed by atoms with Crippen LogP contribution in [-0.4, -0.2) is 60.7 Å². The highest BCUT2D eigenvalue weighted by Gasteiger charge is 2.30. The third-order valence-corrected chi connectivity index (χ3v) is 9.35. The molecule has 0 radical (unpaired) electrons. The Morgan fingerprint density at radius 2 is 1.80 bits per heavy atom. The molecule has 3 N–H and O–H groups in total. The molecule has 0 bridgehead atoms. The van der Waals surface area contributed by atoms with E-state index in [1.165, 1.54) is 6.92 Å². The second-order valence-electron chi connectivity index (χ2n) is 11.8. The summed E-state index contributed by atoms with van der Waals surface area (Å²) in [6.07, 6.45) is 7.11. The average molecular weight is 686 g/mol. The van der Waals surface area contributed by atoms with Gasteiger partial charge in [0.1, 0.15) is 17.9 Å². The first-order valence-corrected chi connectivity index (χ1v) is 17.5. The SMILES string of the molecule is COc1cc2c(c(OC)c1OC)-c1ccc(N[C@H](CCSC)C(=O)NC(c3ccccc3)c3nccn3C)c(=O)cc1[C@H](NC(C)=O)CC2. The van der Waals surface area contributed by atoms with E-state index in [4.69, 9.17) is 14.2 Å². The summed E-state index contributed by atoms with van der Waals surface area (Å²) in [5.74, 6) is 2.30. The minimum Gasteiger partial charge on any atom is -0.493 e. The van der Waals surface area contributed by atoms with Gasteiger partial charge in [-0.2, -0.15) is 11.8 Å². The van der Waals surface area contributed by atoms with Crippen LogP contribution in [-0.2, 0) is 23.1 Å². The Balaban J connectivity index is 1.59. The molecule has 1 aliphatic rings. The van der Waals surface area contributed by atoms with Crippen molar-refractivity contribution in [2.24, 2.45) is 7.05 Å². The molecular formula is C37H43N5O6S. The van der Waals surface area contributed by atoms with E-state index in [2.05, 4.69) is 20.9 Å². The molecule has 3 atom stereocenters. The number of anilines is 1. The lowest BCUT2D eigenvalue weighted by atomic mass is 9.95.